The summed E-state index contributed by atoms with van der Waals surface area (Å²) >= 11 is 5.87. The summed E-state index contributed by atoms with van der Waals surface area (Å²) in [4.78, 5) is 0. The van der Waals surface area contributed by atoms with E-state index in [1.54, 1.807) is 13.0 Å². The molecular formula is C9H12ClNO. The first kappa shape index (κ1) is 9.52. The van der Waals surface area contributed by atoms with Gasteiger partial charge in [0.05, 0.1) is 12.1 Å². The maximum atomic E-state index is 9.22. The number of benzene rings is 1. The van der Waals surface area contributed by atoms with Crippen LogP contribution in [0.5, 0.6) is 0 Å². The second-order valence-corrected chi connectivity index (χ2v) is 3.20. The Balaban J connectivity index is 2.94. The molecule has 0 aliphatic rings. The monoisotopic (exact) mass is 185 g/mol. The molecule has 0 unspecified atom stereocenters. The Morgan fingerprint density at radius 1 is 1.42 bits per heavy atom. The molecule has 0 heterocycles. The number of halogens is 1. The van der Waals surface area contributed by atoms with Crippen molar-refractivity contribution in [1.29, 1.82) is 0 Å². The van der Waals surface area contributed by atoms with Crippen LogP contribution in [0.15, 0.2) is 24.3 Å². The molecule has 0 saturated heterocycles. The van der Waals surface area contributed by atoms with Gasteiger partial charge in [-0.25, -0.2) is 0 Å². The second-order valence-electron chi connectivity index (χ2n) is 2.79. The highest BCUT2D eigenvalue weighted by molar-refractivity contribution is 6.31. The molecule has 1 aromatic carbocycles. The molecule has 66 valence electrons. The quantitative estimate of drug-likeness (QED) is 0.737. The van der Waals surface area contributed by atoms with Crippen LogP contribution in [0.2, 0.25) is 5.02 Å². The summed E-state index contributed by atoms with van der Waals surface area (Å²) in [7, 11) is 0. The van der Waals surface area contributed by atoms with Crippen LogP contribution >= 0.6 is 11.6 Å². The van der Waals surface area contributed by atoms with Crippen molar-refractivity contribution in [2.45, 2.75) is 19.1 Å². The van der Waals surface area contributed by atoms with E-state index in [0.717, 1.165) is 5.56 Å². The molecule has 0 aromatic heterocycles. The minimum Gasteiger partial charge on any atom is -0.391 e. The number of nitrogens with two attached hydrogens (primary N) is 1. The number of aliphatic hydroxyl groups is 1. The van der Waals surface area contributed by atoms with Crippen LogP contribution < -0.4 is 5.73 Å². The maximum Gasteiger partial charge on any atom is 0.0705 e. The number of hydrogen-bond acceptors (Lipinski definition) is 2. The summed E-state index contributed by atoms with van der Waals surface area (Å²) in [5, 5.41) is 9.82. The lowest BCUT2D eigenvalue weighted by Gasteiger charge is -2.15. The van der Waals surface area contributed by atoms with E-state index in [2.05, 4.69) is 0 Å². The molecule has 1 aromatic rings. The van der Waals surface area contributed by atoms with E-state index in [0.29, 0.717) is 5.02 Å². The summed E-state index contributed by atoms with van der Waals surface area (Å²) in [5.41, 5.74) is 6.49. The van der Waals surface area contributed by atoms with Crippen molar-refractivity contribution < 1.29 is 5.11 Å². The topological polar surface area (TPSA) is 46.2 Å². The Labute approximate surface area is 77.0 Å². The molecule has 0 spiro atoms. The predicted molar refractivity (Wildman–Crippen MR) is 50.1 cm³/mol. The number of hydrogen-bond donors (Lipinski definition) is 2. The molecule has 2 atom stereocenters. The summed E-state index contributed by atoms with van der Waals surface area (Å²) in [6, 6.07) is 6.86. The van der Waals surface area contributed by atoms with Gasteiger partial charge in [0.25, 0.3) is 0 Å². The highest BCUT2D eigenvalue weighted by atomic mass is 35.5. The van der Waals surface area contributed by atoms with E-state index < -0.39 is 12.1 Å². The Bertz CT molecular complexity index is 262. The molecule has 0 fully saturated rings. The second kappa shape index (κ2) is 3.90. The Hall–Kier alpha value is -0.570. The van der Waals surface area contributed by atoms with Crippen LogP contribution in [0.3, 0.4) is 0 Å². The van der Waals surface area contributed by atoms with Gasteiger partial charge in [-0.2, -0.15) is 0 Å². The first-order chi connectivity index (χ1) is 5.63. The fraction of sp³-hybridized carbons (Fsp3) is 0.333. The van der Waals surface area contributed by atoms with Gasteiger partial charge in [-0.1, -0.05) is 29.8 Å². The van der Waals surface area contributed by atoms with Crippen molar-refractivity contribution >= 4 is 11.6 Å². The zero-order valence-corrected chi connectivity index (χ0v) is 7.62. The summed E-state index contributed by atoms with van der Waals surface area (Å²) in [6.45, 7) is 1.65. The van der Waals surface area contributed by atoms with Gasteiger partial charge >= 0.3 is 0 Å². The third-order valence-electron chi connectivity index (χ3n) is 1.78. The van der Waals surface area contributed by atoms with Gasteiger partial charge in [-0.05, 0) is 18.6 Å². The minimum atomic E-state index is -0.579. The minimum absolute atomic E-state index is 0.404. The molecule has 12 heavy (non-hydrogen) atoms. The zero-order valence-electron chi connectivity index (χ0n) is 6.87. The van der Waals surface area contributed by atoms with E-state index in [-0.39, 0.29) is 0 Å². The highest BCUT2D eigenvalue weighted by Crippen LogP contribution is 2.22. The number of aliphatic hydroxyl groups excluding tert-OH is 1. The summed E-state index contributed by atoms with van der Waals surface area (Å²) < 4.78 is 0. The van der Waals surface area contributed by atoms with Crippen molar-refractivity contribution in [2.24, 2.45) is 5.73 Å². The van der Waals surface area contributed by atoms with Crippen LogP contribution in [0.25, 0.3) is 0 Å². The molecule has 1 rings (SSSR count). The lowest BCUT2D eigenvalue weighted by molar-refractivity contribution is 0.164. The van der Waals surface area contributed by atoms with Gasteiger partial charge in [0.2, 0.25) is 0 Å². The first-order valence-corrected chi connectivity index (χ1v) is 4.19. The SMILES string of the molecule is C[C@H](O)[C@@H](N)c1ccccc1Cl. The van der Waals surface area contributed by atoms with Gasteiger partial charge in [-0.3, -0.25) is 0 Å². The zero-order chi connectivity index (χ0) is 9.14. The molecule has 0 aliphatic heterocycles. The fourth-order valence-corrected chi connectivity index (χ4v) is 1.27. The normalized spacial score (nSPS) is 15.7. The van der Waals surface area contributed by atoms with E-state index in [1.165, 1.54) is 0 Å². The van der Waals surface area contributed by atoms with Crippen LogP contribution in [0.1, 0.15) is 18.5 Å². The molecule has 0 radical (unpaired) electrons. The Morgan fingerprint density at radius 3 is 2.50 bits per heavy atom. The van der Waals surface area contributed by atoms with Crippen molar-refractivity contribution in [3.63, 3.8) is 0 Å². The van der Waals surface area contributed by atoms with Crippen molar-refractivity contribution in [2.75, 3.05) is 0 Å². The lowest BCUT2D eigenvalue weighted by Crippen LogP contribution is -2.23. The average molecular weight is 186 g/mol. The third-order valence-corrected chi connectivity index (χ3v) is 2.13. The van der Waals surface area contributed by atoms with Crippen molar-refractivity contribution in [1.82, 2.24) is 0 Å². The van der Waals surface area contributed by atoms with E-state index >= 15 is 0 Å². The van der Waals surface area contributed by atoms with Gasteiger partial charge in [0, 0.05) is 5.02 Å². The molecule has 0 amide bonds. The van der Waals surface area contributed by atoms with Crippen LogP contribution in [-0.2, 0) is 0 Å². The first-order valence-electron chi connectivity index (χ1n) is 3.81. The summed E-state index contributed by atoms with van der Waals surface area (Å²) in [5.74, 6) is 0. The third kappa shape index (κ3) is 1.97. The van der Waals surface area contributed by atoms with Crippen LogP contribution in [0, 0.1) is 0 Å². The molecule has 2 nitrogen and oxygen atoms in total. The molecule has 0 bridgehead atoms. The Kier molecular flexibility index (Phi) is 3.09. The van der Waals surface area contributed by atoms with E-state index in [1.807, 2.05) is 18.2 Å². The smallest absolute Gasteiger partial charge is 0.0705 e. The molecule has 3 N–H and O–H groups in total. The number of rotatable bonds is 2. The van der Waals surface area contributed by atoms with Crippen molar-refractivity contribution in [3.05, 3.63) is 34.9 Å². The standard InChI is InChI=1S/C9H12ClNO/c1-6(12)9(11)7-4-2-3-5-8(7)10/h2-6,9,12H,11H2,1H3/t6-,9+/m0/s1. The van der Waals surface area contributed by atoms with E-state index in [9.17, 15) is 5.11 Å². The summed E-state index contributed by atoms with van der Waals surface area (Å²) in [6.07, 6.45) is -0.579. The molecule has 0 aliphatic carbocycles. The molecule has 3 heteroatoms. The van der Waals surface area contributed by atoms with Crippen LogP contribution in [-0.4, -0.2) is 11.2 Å². The van der Waals surface area contributed by atoms with Crippen LogP contribution in [0.4, 0.5) is 0 Å². The average Bonchev–Trinajstić information content (AvgIpc) is 2.04. The fourth-order valence-electron chi connectivity index (χ4n) is 1.01. The molecular weight excluding hydrogens is 174 g/mol. The molecule has 0 saturated carbocycles. The van der Waals surface area contributed by atoms with Gasteiger partial charge < -0.3 is 10.8 Å². The Morgan fingerprint density at radius 2 is 2.00 bits per heavy atom. The lowest BCUT2D eigenvalue weighted by atomic mass is 10.0. The largest absolute Gasteiger partial charge is 0.391 e. The predicted octanol–water partition coefficient (Wildman–Crippen LogP) is 1.72. The van der Waals surface area contributed by atoms with Gasteiger partial charge in [-0.15, -0.1) is 0 Å². The maximum absolute atomic E-state index is 9.22. The van der Waals surface area contributed by atoms with Gasteiger partial charge in [0.1, 0.15) is 0 Å². The highest BCUT2D eigenvalue weighted by Gasteiger charge is 2.13. The van der Waals surface area contributed by atoms with Crippen molar-refractivity contribution in [3.8, 4) is 0 Å². The van der Waals surface area contributed by atoms with E-state index in [4.69, 9.17) is 17.3 Å². The van der Waals surface area contributed by atoms with Gasteiger partial charge in [0.15, 0.2) is 0 Å².